The van der Waals surface area contributed by atoms with E-state index < -0.39 is 11.8 Å². The van der Waals surface area contributed by atoms with E-state index in [1.807, 2.05) is 36.4 Å². The number of fused-ring (bicyclic) bond motifs is 1. The van der Waals surface area contributed by atoms with E-state index >= 15 is 0 Å². The lowest BCUT2D eigenvalue weighted by molar-refractivity contribution is 0.0846. The van der Waals surface area contributed by atoms with E-state index in [1.54, 1.807) is 19.1 Å². The second-order valence-electron chi connectivity index (χ2n) is 5.83. The van der Waals surface area contributed by atoms with Crippen molar-refractivity contribution in [1.82, 2.24) is 20.8 Å². The topological polar surface area (TPSA) is 84.0 Å². The molecule has 0 bridgehead atoms. The highest BCUT2D eigenvalue weighted by atomic mass is 35.5. The van der Waals surface area contributed by atoms with Crippen molar-refractivity contribution < 1.29 is 9.59 Å². The molecule has 0 spiro atoms. The zero-order chi connectivity index (χ0) is 19.7. The van der Waals surface area contributed by atoms with Gasteiger partial charge >= 0.3 is 0 Å². The average molecular weight is 429 g/mol. The van der Waals surface area contributed by atoms with Crippen LogP contribution in [0.15, 0.2) is 48.5 Å². The van der Waals surface area contributed by atoms with Crippen molar-refractivity contribution in [2.45, 2.75) is 6.92 Å². The van der Waals surface area contributed by atoms with Gasteiger partial charge < -0.3 is 0 Å². The molecule has 2 N–H and O–H groups in total. The molecule has 0 aliphatic heterocycles. The molecule has 3 heterocycles. The second kappa shape index (κ2) is 7.67. The molecule has 3 aromatic heterocycles. The first-order valence-electron chi connectivity index (χ1n) is 8.21. The summed E-state index contributed by atoms with van der Waals surface area (Å²) in [5, 5.41) is 1.65. The summed E-state index contributed by atoms with van der Waals surface area (Å²) >= 11 is 8.60. The standard InChI is InChI=1S/C19H13ClN4O2S2/c1-10-16(28-19(21-10)14-8-9-15(20)27-14)18(26)24-23-17(25)13-7-6-11-4-2-3-5-12(11)22-13/h2-9H,1H3,(H,23,25)(H,24,26). The number of thiophene rings is 1. The maximum atomic E-state index is 12.5. The van der Waals surface area contributed by atoms with E-state index in [0.29, 0.717) is 25.4 Å². The number of hydrogen-bond donors (Lipinski definition) is 2. The molecule has 6 nitrogen and oxygen atoms in total. The molecule has 4 aromatic rings. The number of nitrogens with one attached hydrogen (secondary N) is 2. The molecule has 0 saturated heterocycles. The number of thiazole rings is 1. The molecule has 0 aliphatic carbocycles. The normalized spacial score (nSPS) is 10.8. The highest BCUT2D eigenvalue weighted by Crippen LogP contribution is 2.34. The van der Waals surface area contributed by atoms with Crippen molar-refractivity contribution in [2.24, 2.45) is 0 Å². The van der Waals surface area contributed by atoms with E-state index in [-0.39, 0.29) is 5.69 Å². The number of halogens is 1. The van der Waals surface area contributed by atoms with Gasteiger partial charge in [0.1, 0.15) is 15.6 Å². The zero-order valence-corrected chi connectivity index (χ0v) is 16.9. The Balaban J connectivity index is 1.46. The molecule has 1 aromatic carbocycles. The predicted molar refractivity (Wildman–Crippen MR) is 112 cm³/mol. The van der Waals surface area contributed by atoms with Crippen LogP contribution in [0.25, 0.3) is 20.8 Å². The number of carbonyl (C=O) groups is 2. The Hall–Kier alpha value is -2.81. The average Bonchev–Trinajstić information content (AvgIpc) is 3.31. The Labute approximate surface area is 173 Å². The fourth-order valence-corrected chi connectivity index (χ4v) is 4.63. The SMILES string of the molecule is Cc1nc(-c2ccc(Cl)s2)sc1C(=O)NNC(=O)c1ccc2ccccc2n1. The number of rotatable bonds is 3. The maximum Gasteiger partial charge on any atom is 0.288 e. The molecule has 2 amide bonds. The quantitative estimate of drug-likeness (QED) is 0.472. The van der Waals surface area contributed by atoms with Crippen LogP contribution in [0.3, 0.4) is 0 Å². The molecule has 0 fully saturated rings. The molecule has 0 radical (unpaired) electrons. The zero-order valence-electron chi connectivity index (χ0n) is 14.5. The number of hydrazine groups is 1. The maximum absolute atomic E-state index is 12.5. The molecule has 9 heteroatoms. The van der Waals surface area contributed by atoms with Crippen LogP contribution in [0.2, 0.25) is 4.34 Å². The van der Waals surface area contributed by atoms with Crippen LogP contribution in [0.5, 0.6) is 0 Å². The molecule has 0 saturated carbocycles. The van der Waals surface area contributed by atoms with E-state index in [9.17, 15) is 9.59 Å². The van der Waals surface area contributed by atoms with Gasteiger partial charge in [0, 0.05) is 5.39 Å². The largest absolute Gasteiger partial charge is 0.288 e. The second-order valence-corrected chi connectivity index (χ2v) is 8.55. The Morgan fingerprint density at radius 3 is 2.50 bits per heavy atom. The van der Waals surface area contributed by atoms with Crippen LogP contribution in [0, 0.1) is 6.92 Å². The van der Waals surface area contributed by atoms with Gasteiger partial charge in [0.05, 0.1) is 20.4 Å². The number of aryl methyl sites for hydroxylation is 1. The molecule has 140 valence electrons. The van der Waals surface area contributed by atoms with Crippen molar-refractivity contribution in [2.75, 3.05) is 0 Å². The van der Waals surface area contributed by atoms with Gasteiger partial charge in [-0.15, -0.1) is 22.7 Å². The summed E-state index contributed by atoms with van der Waals surface area (Å²) in [6.07, 6.45) is 0. The third-order valence-electron chi connectivity index (χ3n) is 3.91. The minimum atomic E-state index is -0.494. The van der Waals surface area contributed by atoms with E-state index in [4.69, 9.17) is 11.6 Å². The Kier molecular flexibility index (Phi) is 5.08. The fourth-order valence-electron chi connectivity index (χ4n) is 2.57. The minimum Gasteiger partial charge on any atom is -0.266 e. The predicted octanol–water partition coefficient (Wildman–Crippen LogP) is 4.46. The lowest BCUT2D eigenvalue weighted by atomic mass is 10.2. The molecule has 0 atom stereocenters. The van der Waals surface area contributed by atoms with Crippen molar-refractivity contribution in [1.29, 1.82) is 0 Å². The number of benzene rings is 1. The number of aromatic nitrogens is 2. The molecule has 0 aliphatic rings. The summed E-state index contributed by atoms with van der Waals surface area (Å²) in [4.78, 5) is 34.8. The van der Waals surface area contributed by atoms with Gasteiger partial charge in [-0.05, 0) is 31.2 Å². The number of amides is 2. The first-order chi connectivity index (χ1) is 13.5. The molecular formula is C19H13ClN4O2S2. The summed E-state index contributed by atoms with van der Waals surface area (Å²) < 4.78 is 0.656. The number of pyridine rings is 1. The summed E-state index contributed by atoms with van der Waals surface area (Å²) in [6, 6.07) is 14.6. The smallest absolute Gasteiger partial charge is 0.266 e. The summed E-state index contributed by atoms with van der Waals surface area (Å²) in [5.74, 6) is -0.926. The number of carbonyl (C=O) groups excluding carboxylic acids is 2. The van der Waals surface area contributed by atoms with Gasteiger partial charge in [-0.2, -0.15) is 0 Å². The van der Waals surface area contributed by atoms with Crippen LogP contribution in [0.1, 0.15) is 25.9 Å². The number of para-hydroxylation sites is 1. The number of hydrogen-bond acceptors (Lipinski definition) is 6. The fraction of sp³-hybridized carbons (Fsp3) is 0.0526. The molecular weight excluding hydrogens is 416 g/mol. The molecule has 0 unspecified atom stereocenters. The van der Waals surface area contributed by atoms with Gasteiger partial charge in [-0.3, -0.25) is 20.4 Å². The lowest BCUT2D eigenvalue weighted by Gasteiger charge is -2.07. The van der Waals surface area contributed by atoms with Crippen LogP contribution < -0.4 is 10.9 Å². The van der Waals surface area contributed by atoms with Gasteiger partial charge in [-0.25, -0.2) is 9.97 Å². The summed E-state index contributed by atoms with van der Waals surface area (Å²) in [5.41, 5.74) is 6.33. The van der Waals surface area contributed by atoms with Crippen LogP contribution in [0.4, 0.5) is 0 Å². The minimum absolute atomic E-state index is 0.217. The monoisotopic (exact) mass is 428 g/mol. The highest BCUT2D eigenvalue weighted by Gasteiger charge is 2.18. The molecule has 4 rings (SSSR count). The Morgan fingerprint density at radius 1 is 0.929 bits per heavy atom. The van der Waals surface area contributed by atoms with Crippen molar-refractivity contribution in [3.05, 3.63) is 69.1 Å². The van der Waals surface area contributed by atoms with Crippen LogP contribution >= 0.6 is 34.3 Å². The third kappa shape index (κ3) is 3.75. The molecule has 28 heavy (non-hydrogen) atoms. The van der Waals surface area contributed by atoms with E-state index in [2.05, 4.69) is 20.8 Å². The van der Waals surface area contributed by atoms with Gasteiger partial charge in [0.15, 0.2) is 0 Å². The third-order valence-corrected chi connectivity index (χ3v) is 6.46. The Morgan fingerprint density at radius 2 is 1.71 bits per heavy atom. The van der Waals surface area contributed by atoms with E-state index in [0.717, 1.165) is 10.3 Å². The van der Waals surface area contributed by atoms with Gasteiger partial charge in [0.25, 0.3) is 11.8 Å². The van der Waals surface area contributed by atoms with Crippen LogP contribution in [-0.2, 0) is 0 Å². The van der Waals surface area contributed by atoms with Crippen molar-refractivity contribution in [3.8, 4) is 9.88 Å². The number of nitrogens with zero attached hydrogens (tertiary/aromatic N) is 2. The summed E-state index contributed by atoms with van der Waals surface area (Å²) in [7, 11) is 0. The van der Waals surface area contributed by atoms with Gasteiger partial charge in [0.2, 0.25) is 0 Å². The van der Waals surface area contributed by atoms with Gasteiger partial charge in [-0.1, -0.05) is 35.9 Å². The van der Waals surface area contributed by atoms with Crippen LogP contribution in [-0.4, -0.2) is 21.8 Å². The van der Waals surface area contributed by atoms with Crippen molar-refractivity contribution >= 4 is 57.0 Å². The highest BCUT2D eigenvalue weighted by molar-refractivity contribution is 7.24. The lowest BCUT2D eigenvalue weighted by Crippen LogP contribution is -2.41. The first-order valence-corrected chi connectivity index (χ1v) is 10.2. The first kappa shape index (κ1) is 18.5. The summed E-state index contributed by atoms with van der Waals surface area (Å²) in [6.45, 7) is 1.75. The van der Waals surface area contributed by atoms with E-state index in [1.165, 1.54) is 22.7 Å². The van der Waals surface area contributed by atoms with Crippen molar-refractivity contribution in [3.63, 3.8) is 0 Å². The Bertz CT molecular complexity index is 1200.